The summed E-state index contributed by atoms with van der Waals surface area (Å²) in [4.78, 5) is 2.80. The quantitative estimate of drug-likeness (QED) is 0.795. The van der Waals surface area contributed by atoms with Crippen molar-refractivity contribution in [2.75, 3.05) is 19.6 Å². The van der Waals surface area contributed by atoms with Crippen LogP contribution in [0.5, 0.6) is 0 Å². The fourth-order valence-electron chi connectivity index (χ4n) is 3.53. The molecule has 0 aromatic carbocycles. The SMILES string of the molecule is CCC1CCCC(N2CCCNC(C)CC2)C1. The van der Waals surface area contributed by atoms with Gasteiger partial charge in [-0.2, -0.15) is 0 Å². The molecule has 1 N–H and O–H groups in total. The minimum atomic E-state index is 0.711. The lowest BCUT2D eigenvalue weighted by atomic mass is 9.83. The van der Waals surface area contributed by atoms with E-state index < -0.39 is 0 Å². The highest BCUT2D eigenvalue weighted by molar-refractivity contribution is 4.82. The Morgan fingerprint density at radius 1 is 1.12 bits per heavy atom. The summed E-state index contributed by atoms with van der Waals surface area (Å²) < 4.78 is 0. The normalized spacial score (nSPS) is 37.4. The molecule has 0 aromatic heterocycles. The summed E-state index contributed by atoms with van der Waals surface area (Å²) in [5.74, 6) is 1.01. The Bertz CT molecular complexity index is 217. The Kier molecular flexibility index (Phi) is 5.30. The van der Waals surface area contributed by atoms with Crippen molar-refractivity contribution in [2.45, 2.75) is 70.9 Å². The minimum absolute atomic E-state index is 0.711. The Labute approximate surface area is 107 Å². The smallest absolute Gasteiger partial charge is 0.00979 e. The molecule has 2 aliphatic rings. The van der Waals surface area contributed by atoms with Crippen LogP contribution in [0.2, 0.25) is 0 Å². The molecular weight excluding hydrogens is 208 g/mol. The molecule has 0 radical (unpaired) electrons. The molecule has 0 spiro atoms. The van der Waals surface area contributed by atoms with E-state index in [4.69, 9.17) is 0 Å². The van der Waals surface area contributed by atoms with Crippen LogP contribution in [0.4, 0.5) is 0 Å². The van der Waals surface area contributed by atoms with Crippen molar-refractivity contribution in [3.05, 3.63) is 0 Å². The van der Waals surface area contributed by atoms with Crippen LogP contribution in [0.3, 0.4) is 0 Å². The molecule has 0 amide bonds. The molecule has 1 saturated carbocycles. The van der Waals surface area contributed by atoms with Crippen LogP contribution in [-0.2, 0) is 0 Å². The van der Waals surface area contributed by atoms with Gasteiger partial charge in [0, 0.05) is 12.1 Å². The van der Waals surface area contributed by atoms with Crippen LogP contribution in [0.15, 0.2) is 0 Å². The zero-order chi connectivity index (χ0) is 12.1. The number of hydrogen-bond donors (Lipinski definition) is 1. The van der Waals surface area contributed by atoms with E-state index in [-0.39, 0.29) is 0 Å². The average molecular weight is 238 g/mol. The molecular formula is C15H30N2. The summed E-state index contributed by atoms with van der Waals surface area (Å²) in [6.45, 7) is 8.55. The van der Waals surface area contributed by atoms with E-state index in [9.17, 15) is 0 Å². The molecule has 0 aromatic rings. The predicted octanol–water partition coefficient (Wildman–Crippen LogP) is 3.03. The highest BCUT2D eigenvalue weighted by Gasteiger charge is 2.26. The van der Waals surface area contributed by atoms with Crippen molar-refractivity contribution in [2.24, 2.45) is 5.92 Å². The lowest BCUT2D eigenvalue weighted by Gasteiger charge is -2.39. The monoisotopic (exact) mass is 238 g/mol. The third kappa shape index (κ3) is 3.96. The molecule has 1 saturated heterocycles. The van der Waals surface area contributed by atoms with E-state index in [1.165, 1.54) is 64.6 Å². The minimum Gasteiger partial charge on any atom is -0.314 e. The van der Waals surface area contributed by atoms with E-state index in [2.05, 4.69) is 24.1 Å². The standard InChI is InChI=1S/C15H30N2/c1-3-14-6-4-7-15(12-14)17-10-5-9-16-13(2)8-11-17/h13-16H,3-12H2,1-2H3. The molecule has 1 aliphatic carbocycles. The van der Waals surface area contributed by atoms with E-state index in [0.29, 0.717) is 6.04 Å². The number of hydrogen-bond acceptors (Lipinski definition) is 2. The summed E-state index contributed by atoms with van der Waals surface area (Å²) >= 11 is 0. The molecule has 1 aliphatic heterocycles. The van der Waals surface area contributed by atoms with Crippen LogP contribution in [0.1, 0.15) is 58.8 Å². The zero-order valence-corrected chi connectivity index (χ0v) is 11.8. The maximum atomic E-state index is 3.60. The topological polar surface area (TPSA) is 15.3 Å². The highest BCUT2D eigenvalue weighted by atomic mass is 15.2. The summed E-state index contributed by atoms with van der Waals surface area (Å²) in [5.41, 5.74) is 0. The van der Waals surface area contributed by atoms with Gasteiger partial charge in [0.15, 0.2) is 0 Å². The van der Waals surface area contributed by atoms with Gasteiger partial charge >= 0.3 is 0 Å². The van der Waals surface area contributed by atoms with Crippen molar-refractivity contribution in [1.82, 2.24) is 10.2 Å². The van der Waals surface area contributed by atoms with E-state index in [0.717, 1.165) is 12.0 Å². The fourth-order valence-corrected chi connectivity index (χ4v) is 3.53. The first-order valence-electron chi connectivity index (χ1n) is 7.77. The zero-order valence-electron chi connectivity index (χ0n) is 11.8. The van der Waals surface area contributed by atoms with Gasteiger partial charge in [0.1, 0.15) is 0 Å². The van der Waals surface area contributed by atoms with Gasteiger partial charge < -0.3 is 10.2 Å². The molecule has 0 bridgehead atoms. The Morgan fingerprint density at radius 3 is 2.82 bits per heavy atom. The Morgan fingerprint density at radius 2 is 2.00 bits per heavy atom. The van der Waals surface area contributed by atoms with Crippen molar-refractivity contribution in [3.63, 3.8) is 0 Å². The molecule has 2 nitrogen and oxygen atoms in total. The van der Waals surface area contributed by atoms with Gasteiger partial charge in [-0.1, -0.05) is 26.2 Å². The molecule has 1 heterocycles. The fraction of sp³-hybridized carbons (Fsp3) is 1.00. The van der Waals surface area contributed by atoms with E-state index >= 15 is 0 Å². The Balaban J connectivity index is 1.85. The molecule has 3 unspecified atom stereocenters. The van der Waals surface area contributed by atoms with Gasteiger partial charge in [-0.05, 0) is 58.2 Å². The van der Waals surface area contributed by atoms with Crippen molar-refractivity contribution >= 4 is 0 Å². The Hall–Kier alpha value is -0.0800. The van der Waals surface area contributed by atoms with Crippen LogP contribution >= 0.6 is 0 Å². The van der Waals surface area contributed by atoms with Crippen LogP contribution in [-0.4, -0.2) is 36.6 Å². The van der Waals surface area contributed by atoms with E-state index in [1.54, 1.807) is 0 Å². The molecule has 3 atom stereocenters. The molecule has 17 heavy (non-hydrogen) atoms. The first-order valence-corrected chi connectivity index (χ1v) is 7.77. The predicted molar refractivity (Wildman–Crippen MR) is 74.3 cm³/mol. The first-order chi connectivity index (χ1) is 8.29. The summed E-state index contributed by atoms with van der Waals surface area (Å²) in [7, 11) is 0. The van der Waals surface area contributed by atoms with Gasteiger partial charge in [0.2, 0.25) is 0 Å². The van der Waals surface area contributed by atoms with Gasteiger partial charge in [-0.25, -0.2) is 0 Å². The van der Waals surface area contributed by atoms with Gasteiger partial charge in [-0.3, -0.25) is 0 Å². The second kappa shape index (κ2) is 6.75. The number of nitrogens with one attached hydrogen (secondary N) is 1. The van der Waals surface area contributed by atoms with Crippen molar-refractivity contribution < 1.29 is 0 Å². The van der Waals surface area contributed by atoms with Crippen LogP contribution in [0.25, 0.3) is 0 Å². The summed E-state index contributed by atoms with van der Waals surface area (Å²) in [6, 6.07) is 1.61. The van der Waals surface area contributed by atoms with Crippen molar-refractivity contribution in [1.29, 1.82) is 0 Å². The highest BCUT2D eigenvalue weighted by Crippen LogP contribution is 2.30. The third-order valence-corrected chi connectivity index (χ3v) is 4.81. The first kappa shape index (κ1) is 13.4. The van der Waals surface area contributed by atoms with Crippen LogP contribution < -0.4 is 5.32 Å². The van der Waals surface area contributed by atoms with Gasteiger partial charge in [0.25, 0.3) is 0 Å². The number of rotatable bonds is 2. The summed E-state index contributed by atoms with van der Waals surface area (Å²) in [6.07, 6.45) is 9.93. The van der Waals surface area contributed by atoms with Crippen LogP contribution in [0, 0.1) is 5.92 Å². The largest absolute Gasteiger partial charge is 0.314 e. The van der Waals surface area contributed by atoms with Gasteiger partial charge in [-0.15, -0.1) is 0 Å². The third-order valence-electron chi connectivity index (χ3n) is 4.81. The molecule has 2 fully saturated rings. The second-order valence-corrected chi connectivity index (χ2v) is 6.13. The van der Waals surface area contributed by atoms with Gasteiger partial charge in [0.05, 0.1) is 0 Å². The lowest BCUT2D eigenvalue weighted by molar-refractivity contribution is 0.115. The maximum absolute atomic E-state index is 3.60. The molecule has 2 heteroatoms. The molecule has 100 valence electrons. The molecule has 2 rings (SSSR count). The van der Waals surface area contributed by atoms with Crippen molar-refractivity contribution in [3.8, 4) is 0 Å². The second-order valence-electron chi connectivity index (χ2n) is 6.13. The summed E-state index contributed by atoms with van der Waals surface area (Å²) in [5, 5.41) is 3.60. The van der Waals surface area contributed by atoms with E-state index in [1.807, 2.05) is 0 Å². The average Bonchev–Trinajstić information content (AvgIpc) is 2.34. The maximum Gasteiger partial charge on any atom is 0.00979 e. The number of nitrogens with zero attached hydrogens (tertiary/aromatic N) is 1. The lowest BCUT2D eigenvalue weighted by Crippen LogP contribution is -2.44.